The first-order valence-electron chi connectivity index (χ1n) is 12.3. The lowest BCUT2D eigenvalue weighted by molar-refractivity contribution is -0.147. The van der Waals surface area contributed by atoms with Crippen LogP contribution >= 0.6 is 23.2 Å². The van der Waals surface area contributed by atoms with Gasteiger partial charge in [-0.25, -0.2) is 9.78 Å². The summed E-state index contributed by atoms with van der Waals surface area (Å²) < 4.78 is 23.3. The highest BCUT2D eigenvalue weighted by Crippen LogP contribution is 2.37. The third-order valence-corrected chi connectivity index (χ3v) is 6.45. The van der Waals surface area contributed by atoms with Crippen LogP contribution in [0, 0.1) is 0 Å². The number of rotatable bonds is 8. The molecule has 2 heterocycles. The van der Waals surface area contributed by atoms with Crippen molar-refractivity contribution in [3.63, 3.8) is 0 Å². The zero-order valence-electron chi connectivity index (χ0n) is 21.7. The van der Waals surface area contributed by atoms with Crippen molar-refractivity contribution < 1.29 is 23.4 Å². The molecule has 0 unspecified atom stereocenters. The highest BCUT2D eigenvalue weighted by Gasteiger charge is 2.21. The number of hydrogen-bond acceptors (Lipinski definition) is 8. The first-order chi connectivity index (χ1) is 19.3. The van der Waals surface area contributed by atoms with Crippen molar-refractivity contribution in [2.24, 2.45) is 5.10 Å². The van der Waals surface area contributed by atoms with Gasteiger partial charge in [0.1, 0.15) is 5.58 Å². The summed E-state index contributed by atoms with van der Waals surface area (Å²) in [4.78, 5) is 30.1. The van der Waals surface area contributed by atoms with Gasteiger partial charge in [0.05, 0.1) is 35.9 Å². The predicted octanol–water partition coefficient (Wildman–Crippen LogP) is 6.34. The fourth-order valence-corrected chi connectivity index (χ4v) is 4.51. The molecule has 3 aromatic carbocycles. The highest BCUT2D eigenvalue weighted by molar-refractivity contribution is 6.32. The average molecular weight is 580 g/mol. The van der Waals surface area contributed by atoms with E-state index in [2.05, 4.69) is 10.1 Å². The number of hydrogen-bond donors (Lipinski definition) is 0. The molecule has 0 bridgehead atoms. The van der Waals surface area contributed by atoms with Crippen LogP contribution in [0.25, 0.3) is 33.5 Å². The van der Waals surface area contributed by atoms with E-state index in [-0.39, 0.29) is 16.6 Å². The van der Waals surface area contributed by atoms with Gasteiger partial charge in [-0.05, 0) is 67.9 Å². The largest absolute Gasteiger partial charge is 0.490 e. The van der Waals surface area contributed by atoms with Crippen molar-refractivity contribution in [3.05, 3.63) is 86.6 Å². The molecule has 0 fully saturated rings. The van der Waals surface area contributed by atoms with Gasteiger partial charge in [0.2, 0.25) is 5.82 Å². The van der Waals surface area contributed by atoms with Crippen LogP contribution in [0.2, 0.25) is 10.0 Å². The van der Waals surface area contributed by atoms with Gasteiger partial charge in [-0.1, -0.05) is 35.3 Å². The maximum Gasteiger partial charge on any atom is 0.346 e. The number of esters is 1. The Morgan fingerprint density at radius 1 is 1.15 bits per heavy atom. The molecule has 5 rings (SSSR count). The molecule has 0 aliphatic rings. The lowest BCUT2D eigenvalue weighted by Gasteiger charge is -2.17. The molecule has 0 amide bonds. The SMILES string of the molecule is CCOc1cc(C=Nn2c(-c3cc4cc(Cl)ccc4o3)nc3ccccc3c2=O)cc(Cl)c1O[C@H](C)C(=O)OC. The first kappa shape index (κ1) is 27.2. The minimum atomic E-state index is -0.912. The molecular formula is C29H23Cl2N3O6. The molecule has 11 heteroatoms. The quantitative estimate of drug-likeness (QED) is 0.156. The molecule has 0 saturated carbocycles. The number of furan rings is 1. The van der Waals surface area contributed by atoms with Gasteiger partial charge in [0.25, 0.3) is 5.56 Å². The van der Waals surface area contributed by atoms with Crippen LogP contribution < -0.4 is 15.0 Å². The molecule has 0 spiro atoms. The van der Waals surface area contributed by atoms with Crippen molar-refractivity contribution in [2.45, 2.75) is 20.0 Å². The first-order valence-corrected chi connectivity index (χ1v) is 13.0. The van der Waals surface area contributed by atoms with Crippen molar-refractivity contribution in [1.82, 2.24) is 9.66 Å². The molecule has 0 radical (unpaired) electrons. The average Bonchev–Trinajstić information content (AvgIpc) is 3.37. The van der Waals surface area contributed by atoms with E-state index in [1.54, 1.807) is 74.5 Å². The molecule has 2 aromatic heterocycles. The Hall–Kier alpha value is -4.34. The van der Waals surface area contributed by atoms with Gasteiger partial charge < -0.3 is 18.6 Å². The molecule has 0 aliphatic carbocycles. The summed E-state index contributed by atoms with van der Waals surface area (Å²) in [6, 6.07) is 17.2. The molecule has 0 N–H and O–H groups in total. The normalized spacial score (nSPS) is 12.2. The van der Waals surface area contributed by atoms with Gasteiger partial charge in [0, 0.05) is 10.4 Å². The third-order valence-electron chi connectivity index (χ3n) is 5.93. The molecule has 9 nitrogen and oxygen atoms in total. The second-order valence-electron chi connectivity index (χ2n) is 8.65. The fourth-order valence-electron chi connectivity index (χ4n) is 4.07. The smallest absolute Gasteiger partial charge is 0.346 e. The maximum atomic E-state index is 13.5. The van der Waals surface area contributed by atoms with Crippen LogP contribution in [0.1, 0.15) is 19.4 Å². The van der Waals surface area contributed by atoms with E-state index in [1.807, 2.05) is 0 Å². The number of carbonyl (C=O) groups is 1. The second-order valence-corrected chi connectivity index (χ2v) is 9.50. The topological polar surface area (TPSA) is 105 Å². The van der Waals surface area contributed by atoms with Gasteiger partial charge >= 0.3 is 5.97 Å². The van der Waals surface area contributed by atoms with E-state index in [0.717, 1.165) is 5.39 Å². The lowest BCUT2D eigenvalue weighted by Crippen LogP contribution is -2.25. The minimum Gasteiger partial charge on any atom is -0.490 e. The Morgan fingerprint density at radius 2 is 1.95 bits per heavy atom. The van der Waals surface area contributed by atoms with E-state index in [1.165, 1.54) is 18.0 Å². The molecular weight excluding hydrogens is 557 g/mol. The summed E-state index contributed by atoms with van der Waals surface area (Å²) in [6.07, 6.45) is 0.535. The van der Waals surface area contributed by atoms with Crippen molar-refractivity contribution >= 4 is 57.3 Å². The summed E-state index contributed by atoms with van der Waals surface area (Å²) >= 11 is 12.7. The van der Waals surface area contributed by atoms with E-state index in [0.29, 0.717) is 45.2 Å². The van der Waals surface area contributed by atoms with Crippen molar-refractivity contribution in [1.29, 1.82) is 0 Å². The fraction of sp³-hybridized carbons (Fsp3) is 0.172. The van der Waals surface area contributed by atoms with Gasteiger partial charge in [-0.15, -0.1) is 0 Å². The number of fused-ring (bicyclic) bond motifs is 2. The van der Waals surface area contributed by atoms with Gasteiger partial charge in [-0.3, -0.25) is 4.79 Å². The minimum absolute atomic E-state index is 0.182. The Kier molecular flexibility index (Phi) is 7.77. The van der Waals surface area contributed by atoms with Crippen LogP contribution in [-0.4, -0.2) is 41.7 Å². The molecule has 0 saturated heterocycles. The van der Waals surface area contributed by atoms with E-state index in [4.69, 9.17) is 41.8 Å². The Bertz CT molecular complexity index is 1830. The Balaban J connectivity index is 1.61. The lowest BCUT2D eigenvalue weighted by atomic mass is 10.2. The van der Waals surface area contributed by atoms with Gasteiger partial charge in [-0.2, -0.15) is 9.78 Å². The number of carbonyl (C=O) groups excluding carboxylic acids is 1. The molecule has 0 aliphatic heterocycles. The van der Waals surface area contributed by atoms with E-state index >= 15 is 0 Å². The summed E-state index contributed by atoms with van der Waals surface area (Å²) in [5.41, 5.74) is 1.20. The van der Waals surface area contributed by atoms with Crippen LogP contribution in [0.3, 0.4) is 0 Å². The zero-order chi connectivity index (χ0) is 28.4. The molecule has 1 atom stereocenters. The number of para-hydroxylation sites is 1. The highest BCUT2D eigenvalue weighted by atomic mass is 35.5. The van der Waals surface area contributed by atoms with Gasteiger partial charge in [0.15, 0.2) is 23.4 Å². The Labute approximate surface area is 238 Å². The molecule has 40 heavy (non-hydrogen) atoms. The maximum absolute atomic E-state index is 13.5. The van der Waals surface area contributed by atoms with E-state index < -0.39 is 17.6 Å². The van der Waals surface area contributed by atoms with Crippen LogP contribution in [-0.2, 0) is 9.53 Å². The number of nitrogens with zero attached hydrogens (tertiary/aromatic N) is 3. The Morgan fingerprint density at radius 3 is 2.73 bits per heavy atom. The van der Waals surface area contributed by atoms with Crippen molar-refractivity contribution in [3.8, 4) is 23.1 Å². The number of methoxy groups -OCH3 is 1. The summed E-state index contributed by atoms with van der Waals surface area (Å²) in [6.45, 7) is 3.66. The van der Waals surface area contributed by atoms with E-state index in [9.17, 15) is 9.59 Å². The standard InChI is InChI=1S/C29H23Cl2N3O6/c1-4-38-24-12-17(11-21(31)26(24)39-16(2)29(36)37-3)15-32-34-27(33-22-8-6-5-7-20(22)28(34)35)25-14-18-13-19(30)9-10-23(18)40-25/h5-16H,4H2,1-3H3/t16-/m1/s1. The predicted molar refractivity (Wildman–Crippen MR) is 154 cm³/mol. The number of halogens is 2. The van der Waals surface area contributed by atoms with Crippen LogP contribution in [0.4, 0.5) is 0 Å². The number of ether oxygens (including phenoxy) is 3. The van der Waals surface area contributed by atoms with Crippen molar-refractivity contribution in [2.75, 3.05) is 13.7 Å². The van der Waals surface area contributed by atoms with Crippen LogP contribution in [0.5, 0.6) is 11.5 Å². The van der Waals surface area contributed by atoms with Crippen LogP contribution in [0.15, 0.2) is 75.0 Å². The number of benzene rings is 3. The third kappa shape index (κ3) is 5.38. The monoisotopic (exact) mass is 579 g/mol. The second kappa shape index (κ2) is 11.4. The molecule has 5 aromatic rings. The summed E-state index contributed by atoms with van der Waals surface area (Å²) in [5, 5.41) is 6.34. The number of aromatic nitrogens is 2. The summed E-state index contributed by atoms with van der Waals surface area (Å²) in [7, 11) is 1.27. The summed E-state index contributed by atoms with van der Waals surface area (Å²) in [5.74, 6) is 0.462. The molecule has 204 valence electrons. The zero-order valence-corrected chi connectivity index (χ0v) is 23.2.